The van der Waals surface area contributed by atoms with Crippen molar-refractivity contribution in [3.63, 3.8) is 0 Å². The van der Waals surface area contributed by atoms with Crippen LogP contribution in [0.3, 0.4) is 0 Å². The first-order valence-electron chi connectivity index (χ1n) is 6.97. The number of carbonyl (C=O) groups excluding carboxylic acids is 1. The van der Waals surface area contributed by atoms with Crippen molar-refractivity contribution in [2.75, 3.05) is 38.7 Å². The molecule has 2 N–H and O–H groups in total. The molecule has 20 heavy (non-hydrogen) atoms. The van der Waals surface area contributed by atoms with Crippen LogP contribution in [-0.4, -0.2) is 77.7 Å². The van der Waals surface area contributed by atoms with E-state index >= 15 is 0 Å². The summed E-state index contributed by atoms with van der Waals surface area (Å²) in [5, 5.41) is 11.8. The summed E-state index contributed by atoms with van der Waals surface area (Å²) >= 11 is 1.58. The van der Waals surface area contributed by atoms with Gasteiger partial charge in [0.1, 0.15) is 6.04 Å². The van der Waals surface area contributed by atoms with Crippen molar-refractivity contribution in [1.82, 2.24) is 15.1 Å². The molecule has 1 saturated heterocycles. The summed E-state index contributed by atoms with van der Waals surface area (Å²) in [6.07, 6.45) is 3.36. The molecule has 1 rings (SSSR count). The van der Waals surface area contributed by atoms with Gasteiger partial charge in [0.2, 0.25) is 0 Å². The molecule has 0 saturated carbocycles. The van der Waals surface area contributed by atoms with Gasteiger partial charge in [0.15, 0.2) is 0 Å². The molecule has 0 aromatic carbocycles. The lowest BCUT2D eigenvalue weighted by Crippen LogP contribution is -2.57. The summed E-state index contributed by atoms with van der Waals surface area (Å²) in [5.41, 5.74) is 0. The van der Waals surface area contributed by atoms with Gasteiger partial charge in [0, 0.05) is 25.7 Å². The van der Waals surface area contributed by atoms with Crippen molar-refractivity contribution in [2.24, 2.45) is 0 Å². The number of urea groups is 1. The molecule has 1 aliphatic heterocycles. The quantitative estimate of drug-likeness (QED) is 0.763. The lowest BCUT2D eigenvalue weighted by molar-refractivity contribution is -0.139. The number of likely N-dealkylation sites (N-methyl/N-ethyl adjacent to an activating group) is 1. The first-order chi connectivity index (χ1) is 9.49. The standard InChI is InChI=1S/C13H25N3O3S/c1-4-10-9-16(7-6-15(10)2)13(19)14-11(12(17)18)5-8-20-3/h10-11H,4-9H2,1-3H3,(H,14,19)(H,17,18). The first-order valence-corrected chi connectivity index (χ1v) is 8.36. The Bertz CT molecular complexity index is 341. The Kier molecular flexibility index (Phi) is 7.15. The van der Waals surface area contributed by atoms with Crippen molar-refractivity contribution in [2.45, 2.75) is 31.8 Å². The zero-order valence-electron chi connectivity index (χ0n) is 12.5. The van der Waals surface area contributed by atoms with E-state index in [9.17, 15) is 9.59 Å². The van der Waals surface area contributed by atoms with Crippen molar-refractivity contribution >= 4 is 23.8 Å². The Morgan fingerprint density at radius 1 is 1.45 bits per heavy atom. The lowest BCUT2D eigenvalue weighted by atomic mass is 10.1. The summed E-state index contributed by atoms with van der Waals surface area (Å²) in [6.45, 7) is 4.23. The van der Waals surface area contributed by atoms with E-state index in [1.54, 1.807) is 16.7 Å². The number of amides is 2. The fourth-order valence-corrected chi connectivity index (χ4v) is 2.78. The molecule has 1 aliphatic rings. The highest BCUT2D eigenvalue weighted by Gasteiger charge is 2.28. The number of nitrogens with zero attached hydrogens (tertiary/aromatic N) is 2. The van der Waals surface area contributed by atoms with Gasteiger partial charge in [-0.2, -0.15) is 11.8 Å². The van der Waals surface area contributed by atoms with E-state index in [0.29, 0.717) is 25.6 Å². The molecule has 0 aromatic rings. The number of piperazine rings is 1. The largest absolute Gasteiger partial charge is 0.480 e. The van der Waals surface area contributed by atoms with Crippen LogP contribution in [0.5, 0.6) is 0 Å². The predicted octanol–water partition coefficient (Wildman–Crippen LogP) is 0.928. The van der Waals surface area contributed by atoms with E-state index in [-0.39, 0.29) is 6.03 Å². The summed E-state index contributed by atoms with van der Waals surface area (Å²) in [5.74, 6) is -0.244. The van der Waals surface area contributed by atoms with E-state index in [2.05, 4.69) is 24.2 Å². The highest BCUT2D eigenvalue weighted by molar-refractivity contribution is 7.98. The molecular formula is C13H25N3O3S. The van der Waals surface area contributed by atoms with Gasteiger partial charge in [-0.15, -0.1) is 0 Å². The molecule has 0 radical (unpaired) electrons. The molecule has 2 amide bonds. The maximum Gasteiger partial charge on any atom is 0.326 e. The third kappa shape index (κ3) is 4.86. The molecule has 6 nitrogen and oxygen atoms in total. The summed E-state index contributed by atoms with van der Waals surface area (Å²) < 4.78 is 0. The summed E-state index contributed by atoms with van der Waals surface area (Å²) in [6, 6.07) is -0.705. The van der Waals surface area contributed by atoms with Crippen LogP contribution in [0.4, 0.5) is 4.79 Å². The molecule has 1 fully saturated rings. The molecule has 2 unspecified atom stereocenters. The summed E-state index contributed by atoms with van der Waals surface area (Å²) in [7, 11) is 2.06. The Labute approximate surface area is 124 Å². The molecule has 7 heteroatoms. The highest BCUT2D eigenvalue weighted by atomic mass is 32.2. The average Bonchev–Trinajstić information content (AvgIpc) is 2.43. The van der Waals surface area contributed by atoms with Gasteiger partial charge in [-0.25, -0.2) is 9.59 Å². The van der Waals surface area contributed by atoms with Gasteiger partial charge in [0.05, 0.1) is 0 Å². The van der Waals surface area contributed by atoms with Crippen LogP contribution >= 0.6 is 11.8 Å². The lowest BCUT2D eigenvalue weighted by Gasteiger charge is -2.39. The van der Waals surface area contributed by atoms with E-state index in [1.165, 1.54) is 0 Å². The van der Waals surface area contributed by atoms with Gasteiger partial charge in [-0.3, -0.25) is 4.90 Å². The number of hydrogen-bond donors (Lipinski definition) is 2. The first kappa shape index (κ1) is 17.1. The van der Waals surface area contributed by atoms with Gasteiger partial charge in [-0.1, -0.05) is 6.92 Å². The normalized spacial score (nSPS) is 21.6. The number of carbonyl (C=O) groups is 2. The second-order valence-electron chi connectivity index (χ2n) is 5.11. The Balaban J connectivity index is 2.53. The molecule has 0 spiro atoms. The molecule has 0 aliphatic carbocycles. The Morgan fingerprint density at radius 2 is 2.15 bits per heavy atom. The molecule has 0 aromatic heterocycles. The molecule has 1 heterocycles. The van der Waals surface area contributed by atoms with Crippen LogP contribution in [0.15, 0.2) is 0 Å². The maximum absolute atomic E-state index is 12.2. The SMILES string of the molecule is CCC1CN(C(=O)NC(CCSC)C(=O)O)CCN1C. The summed E-state index contributed by atoms with van der Waals surface area (Å²) in [4.78, 5) is 27.3. The number of carboxylic acids is 1. The van der Waals surface area contributed by atoms with Crippen LogP contribution in [0, 0.1) is 0 Å². The van der Waals surface area contributed by atoms with Gasteiger partial charge in [-0.05, 0) is 31.9 Å². The molecule has 0 bridgehead atoms. The number of carboxylic acid groups (broad SMARTS) is 1. The highest BCUT2D eigenvalue weighted by Crippen LogP contribution is 2.11. The fourth-order valence-electron chi connectivity index (χ4n) is 2.30. The topological polar surface area (TPSA) is 72.9 Å². The number of thioether (sulfide) groups is 1. The van der Waals surface area contributed by atoms with Crippen molar-refractivity contribution < 1.29 is 14.7 Å². The van der Waals surface area contributed by atoms with E-state index in [4.69, 9.17) is 5.11 Å². The number of hydrogen-bond acceptors (Lipinski definition) is 4. The second-order valence-corrected chi connectivity index (χ2v) is 6.10. The van der Waals surface area contributed by atoms with Gasteiger partial charge in [0.25, 0.3) is 0 Å². The zero-order chi connectivity index (χ0) is 15.1. The molecular weight excluding hydrogens is 278 g/mol. The monoisotopic (exact) mass is 303 g/mol. The van der Waals surface area contributed by atoms with Crippen molar-refractivity contribution in [3.05, 3.63) is 0 Å². The minimum atomic E-state index is -0.964. The van der Waals surface area contributed by atoms with Crippen LogP contribution in [0.1, 0.15) is 19.8 Å². The third-order valence-electron chi connectivity index (χ3n) is 3.74. The maximum atomic E-state index is 12.2. The third-order valence-corrected chi connectivity index (χ3v) is 4.39. The second kappa shape index (κ2) is 8.36. The van der Waals surface area contributed by atoms with Crippen molar-refractivity contribution in [3.8, 4) is 0 Å². The minimum absolute atomic E-state index is 0.259. The average molecular weight is 303 g/mol. The number of nitrogens with one attached hydrogen (secondary N) is 1. The van der Waals surface area contributed by atoms with Gasteiger partial charge < -0.3 is 15.3 Å². The van der Waals surface area contributed by atoms with E-state index < -0.39 is 12.0 Å². The van der Waals surface area contributed by atoms with Gasteiger partial charge >= 0.3 is 12.0 Å². The predicted molar refractivity (Wildman–Crippen MR) is 81.2 cm³/mol. The van der Waals surface area contributed by atoms with Crippen LogP contribution in [0.25, 0.3) is 0 Å². The number of rotatable bonds is 6. The molecule has 2 atom stereocenters. The molecule has 116 valence electrons. The Morgan fingerprint density at radius 3 is 2.70 bits per heavy atom. The van der Waals surface area contributed by atoms with Crippen molar-refractivity contribution in [1.29, 1.82) is 0 Å². The Hall–Kier alpha value is -0.950. The van der Waals surface area contributed by atoms with Crippen LogP contribution < -0.4 is 5.32 Å². The van der Waals surface area contributed by atoms with E-state index in [1.807, 2.05) is 6.26 Å². The minimum Gasteiger partial charge on any atom is -0.480 e. The van der Waals surface area contributed by atoms with E-state index in [0.717, 1.165) is 18.7 Å². The fraction of sp³-hybridized carbons (Fsp3) is 0.846. The smallest absolute Gasteiger partial charge is 0.326 e. The zero-order valence-corrected chi connectivity index (χ0v) is 13.3. The number of aliphatic carboxylic acids is 1. The van der Waals surface area contributed by atoms with Crippen LogP contribution in [-0.2, 0) is 4.79 Å². The van der Waals surface area contributed by atoms with Crippen LogP contribution in [0.2, 0.25) is 0 Å².